The molecule has 7 heteroatoms. The average Bonchev–Trinajstić information content (AvgIpc) is 3.25. The molecule has 0 aromatic heterocycles. The van der Waals surface area contributed by atoms with Gasteiger partial charge in [0.15, 0.2) is 11.5 Å². The van der Waals surface area contributed by atoms with Crippen LogP contribution in [0.1, 0.15) is 36.4 Å². The molecular formula is C24H28N2O5. The van der Waals surface area contributed by atoms with Gasteiger partial charge in [-0.15, -0.1) is 0 Å². The maximum atomic E-state index is 13.4. The lowest BCUT2D eigenvalue weighted by molar-refractivity contribution is -0.162. The molecule has 1 unspecified atom stereocenters. The molecule has 4 rings (SSSR count). The van der Waals surface area contributed by atoms with Crippen molar-refractivity contribution < 1.29 is 23.8 Å². The van der Waals surface area contributed by atoms with Gasteiger partial charge in [0.2, 0.25) is 17.6 Å². The van der Waals surface area contributed by atoms with Crippen LogP contribution in [0.3, 0.4) is 0 Å². The minimum absolute atomic E-state index is 0.0338. The number of likely N-dealkylation sites (tertiary alicyclic amines) is 1. The van der Waals surface area contributed by atoms with Crippen molar-refractivity contribution in [2.24, 2.45) is 5.92 Å². The smallest absolute Gasteiger partial charge is 0.247 e. The monoisotopic (exact) mass is 424 g/mol. The summed E-state index contributed by atoms with van der Waals surface area (Å²) in [5.41, 5.74) is 1.63. The van der Waals surface area contributed by atoms with E-state index in [4.69, 9.17) is 14.2 Å². The highest BCUT2D eigenvalue weighted by molar-refractivity contribution is 5.94. The van der Waals surface area contributed by atoms with Crippen LogP contribution in [0, 0.1) is 5.92 Å². The molecule has 0 spiro atoms. The van der Waals surface area contributed by atoms with Gasteiger partial charge in [0.1, 0.15) is 6.04 Å². The molecule has 2 aliphatic rings. The molecule has 31 heavy (non-hydrogen) atoms. The van der Waals surface area contributed by atoms with Crippen LogP contribution in [0.15, 0.2) is 42.5 Å². The predicted molar refractivity (Wildman–Crippen MR) is 115 cm³/mol. The SMILES string of the molecule is COc1cc(C(C(=O)NCc2ccccc2)N2C(=O)[C@@H]3CCC[C@@H]32)cc(OC)c1OC. The Hall–Kier alpha value is -3.22. The molecule has 1 heterocycles. The van der Waals surface area contributed by atoms with Crippen LogP contribution >= 0.6 is 0 Å². The number of nitrogens with zero attached hydrogens (tertiary/aromatic N) is 1. The summed E-state index contributed by atoms with van der Waals surface area (Å²) in [4.78, 5) is 28.1. The zero-order chi connectivity index (χ0) is 22.0. The van der Waals surface area contributed by atoms with Crippen LogP contribution in [0.25, 0.3) is 0 Å². The Morgan fingerprint density at radius 1 is 1.06 bits per heavy atom. The van der Waals surface area contributed by atoms with Crippen LogP contribution in [0.2, 0.25) is 0 Å². The number of β-lactam (4-membered cyclic amide) rings is 1. The summed E-state index contributed by atoms with van der Waals surface area (Å²) < 4.78 is 16.4. The van der Waals surface area contributed by atoms with E-state index in [9.17, 15) is 9.59 Å². The molecule has 1 saturated carbocycles. The molecule has 2 aromatic rings. The number of carbonyl (C=O) groups is 2. The van der Waals surface area contributed by atoms with Crippen molar-refractivity contribution in [1.29, 1.82) is 0 Å². The Bertz CT molecular complexity index is 937. The van der Waals surface area contributed by atoms with E-state index in [0.29, 0.717) is 29.4 Å². The predicted octanol–water partition coefficient (Wildman–Crippen LogP) is 3.08. The van der Waals surface area contributed by atoms with Gasteiger partial charge >= 0.3 is 0 Å². The first kappa shape index (κ1) is 21.0. The number of carbonyl (C=O) groups excluding carboxylic acids is 2. The van der Waals surface area contributed by atoms with E-state index in [1.165, 1.54) is 21.3 Å². The summed E-state index contributed by atoms with van der Waals surface area (Å²) in [6.45, 7) is 0.386. The number of methoxy groups -OCH3 is 3. The van der Waals surface area contributed by atoms with Gasteiger partial charge in [0.25, 0.3) is 0 Å². The van der Waals surface area contributed by atoms with Gasteiger partial charge in [0.05, 0.1) is 27.2 Å². The largest absolute Gasteiger partial charge is 0.493 e. The summed E-state index contributed by atoms with van der Waals surface area (Å²) >= 11 is 0. The lowest BCUT2D eigenvalue weighted by Gasteiger charge is -2.47. The maximum absolute atomic E-state index is 13.4. The summed E-state index contributed by atoms with van der Waals surface area (Å²) in [5.74, 6) is 1.20. The highest BCUT2D eigenvalue weighted by atomic mass is 16.5. The molecule has 164 valence electrons. The number of amides is 2. The highest BCUT2D eigenvalue weighted by Crippen LogP contribution is 2.47. The van der Waals surface area contributed by atoms with E-state index in [-0.39, 0.29) is 23.8 Å². The number of benzene rings is 2. The summed E-state index contributed by atoms with van der Waals surface area (Å²) in [5, 5.41) is 3.00. The molecule has 7 nitrogen and oxygen atoms in total. The molecule has 2 fully saturated rings. The van der Waals surface area contributed by atoms with Gasteiger partial charge in [-0.25, -0.2) is 0 Å². The second-order valence-electron chi connectivity index (χ2n) is 7.91. The van der Waals surface area contributed by atoms with Crippen molar-refractivity contribution in [2.75, 3.05) is 21.3 Å². The number of rotatable bonds is 8. The number of hydrogen-bond donors (Lipinski definition) is 1. The number of hydrogen-bond acceptors (Lipinski definition) is 5. The second kappa shape index (κ2) is 8.88. The normalized spacial score (nSPS) is 20.5. The van der Waals surface area contributed by atoms with E-state index in [1.807, 2.05) is 30.3 Å². The van der Waals surface area contributed by atoms with E-state index in [0.717, 1.165) is 24.8 Å². The quantitative estimate of drug-likeness (QED) is 0.659. The molecule has 1 saturated heterocycles. The molecule has 2 aromatic carbocycles. The van der Waals surface area contributed by atoms with Crippen molar-refractivity contribution in [3.63, 3.8) is 0 Å². The Morgan fingerprint density at radius 3 is 2.35 bits per heavy atom. The number of nitrogens with one attached hydrogen (secondary N) is 1. The molecule has 1 aliphatic carbocycles. The Morgan fingerprint density at radius 2 is 1.74 bits per heavy atom. The maximum Gasteiger partial charge on any atom is 0.247 e. The fraction of sp³-hybridized carbons (Fsp3) is 0.417. The zero-order valence-corrected chi connectivity index (χ0v) is 18.1. The summed E-state index contributed by atoms with van der Waals surface area (Å²) in [7, 11) is 4.60. The minimum atomic E-state index is -0.760. The van der Waals surface area contributed by atoms with Gasteiger partial charge in [-0.3, -0.25) is 9.59 Å². The van der Waals surface area contributed by atoms with Crippen LogP contribution < -0.4 is 19.5 Å². The van der Waals surface area contributed by atoms with Gasteiger partial charge in [-0.1, -0.05) is 36.8 Å². The van der Waals surface area contributed by atoms with E-state index in [1.54, 1.807) is 17.0 Å². The third-order valence-electron chi connectivity index (χ3n) is 6.25. The first-order valence-electron chi connectivity index (χ1n) is 10.5. The first-order valence-corrected chi connectivity index (χ1v) is 10.5. The third-order valence-corrected chi connectivity index (χ3v) is 6.25. The van der Waals surface area contributed by atoms with Crippen molar-refractivity contribution in [2.45, 2.75) is 37.9 Å². The molecular weight excluding hydrogens is 396 g/mol. The Kier molecular flexibility index (Phi) is 6.02. The van der Waals surface area contributed by atoms with E-state index >= 15 is 0 Å². The molecule has 1 aliphatic heterocycles. The van der Waals surface area contributed by atoms with Gasteiger partial charge in [0, 0.05) is 12.6 Å². The molecule has 0 radical (unpaired) electrons. The van der Waals surface area contributed by atoms with Crippen molar-refractivity contribution in [3.05, 3.63) is 53.6 Å². The lowest BCUT2D eigenvalue weighted by atomic mass is 9.86. The fourth-order valence-corrected chi connectivity index (χ4v) is 4.73. The second-order valence-corrected chi connectivity index (χ2v) is 7.91. The minimum Gasteiger partial charge on any atom is -0.493 e. The van der Waals surface area contributed by atoms with Crippen molar-refractivity contribution in [3.8, 4) is 17.2 Å². The summed E-state index contributed by atoms with van der Waals surface area (Å²) in [6.07, 6.45) is 2.82. The van der Waals surface area contributed by atoms with Crippen LogP contribution in [-0.2, 0) is 16.1 Å². The van der Waals surface area contributed by atoms with Gasteiger partial charge < -0.3 is 24.4 Å². The van der Waals surface area contributed by atoms with Crippen LogP contribution in [-0.4, -0.2) is 44.1 Å². The average molecular weight is 424 g/mol. The van der Waals surface area contributed by atoms with Gasteiger partial charge in [-0.05, 0) is 36.1 Å². The molecule has 3 atom stereocenters. The molecule has 2 amide bonds. The van der Waals surface area contributed by atoms with Crippen LogP contribution in [0.4, 0.5) is 0 Å². The van der Waals surface area contributed by atoms with E-state index < -0.39 is 6.04 Å². The number of ether oxygens (including phenoxy) is 3. The van der Waals surface area contributed by atoms with E-state index in [2.05, 4.69) is 5.32 Å². The Labute approximate surface area is 182 Å². The van der Waals surface area contributed by atoms with Gasteiger partial charge in [-0.2, -0.15) is 0 Å². The molecule has 0 bridgehead atoms. The lowest BCUT2D eigenvalue weighted by Crippen LogP contribution is -2.61. The first-order chi connectivity index (χ1) is 15.1. The van der Waals surface area contributed by atoms with Crippen LogP contribution in [0.5, 0.6) is 17.2 Å². The third kappa shape index (κ3) is 3.80. The molecule has 1 N–H and O–H groups in total. The fourth-order valence-electron chi connectivity index (χ4n) is 4.73. The standard InChI is InChI=1S/C24H28N2O5/c1-29-19-12-16(13-20(30-2)22(19)31-3)21(26-18-11-7-10-17(18)24(26)28)23(27)25-14-15-8-5-4-6-9-15/h4-6,8-9,12-13,17-18,21H,7,10-11,14H2,1-3H3,(H,25,27)/t17-,18+,21?/m1/s1. The topological polar surface area (TPSA) is 77.1 Å². The van der Waals surface area contributed by atoms with Crippen molar-refractivity contribution in [1.82, 2.24) is 10.2 Å². The summed E-state index contributed by atoms with van der Waals surface area (Å²) in [6, 6.07) is 12.5. The zero-order valence-electron chi connectivity index (χ0n) is 18.1. The van der Waals surface area contributed by atoms with Crippen molar-refractivity contribution >= 4 is 11.8 Å². The highest BCUT2D eigenvalue weighted by Gasteiger charge is 2.54. The number of fused-ring (bicyclic) bond motifs is 1. The Balaban J connectivity index is 1.69.